The summed E-state index contributed by atoms with van der Waals surface area (Å²) in [7, 11) is 0. The molecular formula is C16H14N2OS. The van der Waals surface area contributed by atoms with Crippen LogP contribution in [0, 0.1) is 0 Å². The van der Waals surface area contributed by atoms with Gasteiger partial charge in [0.15, 0.2) is 0 Å². The van der Waals surface area contributed by atoms with E-state index in [0.717, 1.165) is 22.4 Å². The van der Waals surface area contributed by atoms with Gasteiger partial charge in [0.05, 0.1) is 11.2 Å². The van der Waals surface area contributed by atoms with Crippen molar-refractivity contribution in [2.24, 2.45) is 0 Å². The van der Waals surface area contributed by atoms with Crippen LogP contribution in [0.5, 0.6) is 11.5 Å². The Morgan fingerprint density at radius 1 is 1.05 bits per heavy atom. The summed E-state index contributed by atoms with van der Waals surface area (Å²) in [5, 5.41) is 0.918. The number of para-hydroxylation sites is 1. The van der Waals surface area contributed by atoms with Gasteiger partial charge in [0.25, 0.3) is 0 Å². The molecule has 2 aromatic carbocycles. The predicted octanol–water partition coefficient (Wildman–Crippen LogP) is 4.33. The second kappa shape index (κ2) is 5.43. The maximum Gasteiger partial charge on any atom is 0.138 e. The van der Waals surface area contributed by atoms with Gasteiger partial charge in [0.1, 0.15) is 11.5 Å². The highest BCUT2D eigenvalue weighted by atomic mass is 32.2. The normalized spacial score (nSPS) is 10.7. The number of aromatic nitrogens is 1. The largest absolute Gasteiger partial charge is 0.457 e. The van der Waals surface area contributed by atoms with Crippen LogP contribution in [0.4, 0.5) is 5.69 Å². The van der Waals surface area contributed by atoms with Gasteiger partial charge in [-0.05, 0) is 48.7 Å². The highest BCUT2D eigenvalue weighted by molar-refractivity contribution is 7.98. The molecule has 0 unspecified atom stereocenters. The summed E-state index contributed by atoms with van der Waals surface area (Å²) in [6.07, 6.45) is 3.76. The maximum absolute atomic E-state index is 5.94. The fourth-order valence-corrected chi connectivity index (χ4v) is 2.44. The smallest absolute Gasteiger partial charge is 0.138 e. The number of nitrogens with two attached hydrogens (primary N) is 1. The van der Waals surface area contributed by atoms with Gasteiger partial charge >= 0.3 is 0 Å². The van der Waals surface area contributed by atoms with Crippen LogP contribution in [0.3, 0.4) is 0 Å². The summed E-state index contributed by atoms with van der Waals surface area (Å²) in [5.74, 6) is 1.57. The van der Waals surface area contributed by atoms with E-state index in [0.29, 0.717) is 5.69 Å². The Hall–Kier alpha value is -2.20. The molecule has 0 aliphatic heterocycles. The van der Waals surface area contributed by atoms with E-state index in [1.54, 1.807) is 18.0 Å². The minimum absolute atomic E-state index is 0.658. The molecule has 0 aliphatic rings. The first-order valence-electron chi connectivity index (χ1n) is 6.23. The molecule has 0 amide bonds. The second-order valence-corrected chi connectivity index (χ2v) is 5.21. The van der Waals surface area contributed by atoms with Gasteiger partial charge in [-0.2, -0.15) is 0 Å². The highest BCUT2D eigenvalue weighted by Gasteiger charge is 2.06. The van der Waals surface area contributed by atoms with Crippen LogP contribution in [-0.4, -0.2) is 11.2 Å². The summed E-state index contributed by atoms with van der Waals surface area (Å²) in [5.41, 5.74) is 7.36. The van der Waals surface area contributed by atoms with Crippen molar-refractivity contribution in [3.8, 4) is 11.5 Å². The first-order chi connectivity index (χ1) is 9.78. The molecule has 0 saturated carbocycles. The highest BCUT2D eigenvalue weighted by Crippen LogP contribution is 2.31. The minimum Gasteiger partial charge on any atom is -0.457 e. The van der Waals surface area contributed by atoms with Crippen molar-refractivity contribution in [1.82, 2.24) is 4.98 Å². The molecule has 0 aliphatic carbocycles. The Balaban J connectivity index is 1.99. The summed E-state index contributed by atoms with van der Waals surface area (Å²) in [4.78, 5) is 5.51. The van der Waals surface area contributed by atoms with E-state index < -0.39 is 0 Å². The molecule has 0 radical (unpaired) electrons. The van der Waals surface area contributed by atoms with Crippen molar-refractivity contribution >= 4 is 28.4 Å². The monoisotopic (exact) mass is 282 g/mol. The number of hydrogen-bond donors (Lipinski definition) is 1. The zero-order chi connectivity index (χ0) is 13.9. The number of rotatable bonds is 3. The van der Waals surface area contributed by atoms with Crippen LogP contribution in [-0.2, 0) is 0 Å². The topological polar surface area (TPSA) is 48.1 Å². The lowest BCUT2D eigenvalue weighted by atomic mass is 10.2. The number of fused-ring (bicyclic) bond motifs is 1. The van der Waals surface area contributed by atoms with Crippen molar-refractivity contribution in [3.05, 3.63) is 54.7 Å². The molecule has 20 heavy (non-hydrogen) atoms. The number of anilines is 1. The number of ether oxygens (including phenoxy) is 1. The van der Waals surface area contributed by atoms with Gasteiger partial charge < -0.3 is 10.5 Å². The van der Waals surface area contributed by atoms with Crippen LogP contribution in [0.25, 0.3) is 10.9 Å². The molecule has 0 bridgehead atoms. The van der Waals surface area contributed by atoms with Crippen molar-refractivity contribution in [3.63, 3.8) is 0 Å². The van der Waals surface area contributed by atoms with E-state index in [2.05, 4.69) is 11.2 Å². The molecule has 1 aromatic heterocycles. The number of pyridine rings is 1. The molecule has 2 N–H and O–H groups in total. The lowest BCUT2D eigenvalue weighted by molar-refractivity contribution is 0.487. The quantitative estimate of drug-likeness (QED) is 0.573. The number of nitrogens with zero attached hydrogens (tertiary/aromatic N) is 1. The first-order valence-corrected chi connectivity index (χ1v) is 7.45. The number of thioether (sulfide) groups is 1. The number of benzene rings is 2. The maximum atomic E-state index is 5.94. The lowest BCUT2D eigenvalue weighted by Crippen LogP contribution is -1.92. The molecule has 3 rings (SSSR count). The molecule has 100 valence electrons. The average molecular weight is 282 g/mol. The number of nitrogen functional groups attached to an aromatic ring is 1. The van der Waals surface area contributed by atoms with Gasteiger partial charge in [-0.25, -0.2) is 0 Å². The zero-order valence-corrected chi connectivity index (χ0v) is 11.9. The Bertz CT molecular complexity index is 741. The van der Waals surface area contributed by atoms with Crippen LogP contribution in [0.1, 0.15) is 0 Å². The summed E-state index contributed by atoms with van der Waals surface area (Å²) in [6.45, 7) is 0. The van der Waals surface area contributed by atoms with Crippen LogP contribution in [0.2, 0.25) is 0 Å². The predicted molar refractivity (Wildman–Crippen MR) is 84.5 cm³/mol. The molecular weight excluding hydrogens is 268 g/mol. The Morgan fingerprint density at radius 3 is 2.60 bits per heavy atom. The van der Waals surface area contributed by atoms with E-state index in [9.17, 15) is 0 Å². The van der Waals surface area contributed by atoms with E-state index in [4.69, 9.17) is 10.5 Å². The van der Waals surface area contributed by atoms with Crippen molar-refractivity contribution in [2.45, 2.75) is 4.90 Å². The standard InChI is InChI=1S/C16H14N2OS/c1-20-12-7-5-11(6-8-12)19-15-9-10-18-16-13(15)3-2-4-14(16)17/h2-10H,17H2,1H3. The Labute approximate surface area is 121 Å². The van der Waals surface area contributed by atoms with E-state index in [1.807, 2.05) is 48.5 Å². The average Bonchev–Trinajstić information content (AvgIpc) is 2.49. The molecule has 1 heterocycles. The van der Waals surface area contributed by atoms with E-state index in [1.165, 1.54) is 4.90 Å². The summed E-state index contributed by atoms with van der Waals surface area (Å²) < 4.78 is 5.94. The molecule has 0 fully saturated rings. The molecule has 0 saturated heterocycles. The molecule has 0 atom stereocenters. The van der Waals surface area contributed by atoms with Gasteiger partial charge in [0, 0.05) is 16.5 Å². The lowest BCUT2D eigenvalue weighted by Gasteiger charge is -2.09. The van der Waals surface area contributed by atoms with Crippen LogP contribution < -0.4 is 10.5 Å². The van der Waals surface area contributed by atoms with Gasteiger partial charge in [-0.3, -0.25) is 4.98 Å². The number of hydrogen-bond acceptors (Lipinski definition) is 4. The zero-order valence-electron chi connectivity index (χ0n) is 11.0. The van der Waals surface area contributed by atoms with Gasteiger partial charge in [-0.15, -0.1) is 11.8 Å². The third-order valence-electron chi connectivity index (χ3n) is 3.05. The SMILES string of the molecule is CSc1ccc(Oc2ccnc3c(N)cccc23)cc1. The van der Waals surface area contributed by atoms with E-state index >= 15 is 0 Å². The van der Waals surface area contributed by atoms with Gasteiger partial charge in [-0.1, -0.05) is 6.07 Å². The second-order valence-electron chi connectivity index (χ2n) is 4.33. The van der Waals surface area contributed by atoms with E-state index in [-0.39, 0.29) is 0 Å². The van der Waals surface area contributed by atoms with Crippen molar-refractivity contribution in [1.29, 1.82) is 0 Å². The fourth-order valence-electron chi connectivity index (χ4n) is 2.03. The van der Waals surface area contributed by atoms with Crippen LogP contribution in [0.15, 0.2) is 59.6 Å². The van der Waals surface area contributed by atoms with Crippen molar-refractivity contribution in [2.75, 3.05) is 12.0 Å². The molecule has 3 nitrogen and oxygen atoms in total. The third kappa shape index (κ3) is 2.42. The Kier molecular flexibility index (Phi) is 3.48. The first kappa shape index (κ1) is 12.8. The molecule has 0 spiro atoms. The third-order valence-corrected chi connectivity index (χ3v) is 3.79. The van der Waals surface area contributed by atoms with Gasteiger partial charge in [0.2, 0.25) is 0 Å². The fraction of sp³-hybridized carbons (Fsp3) is 0.0625. The minimum atomic E-state index is 0.658. The Morgan fingerprint density at radius 2 is 1.85 bits per heavy atom. The molecule has 4 heteroatoms. The van der Waals surface area contributed by atoms with Crippen molar-refractivity contribution < 1.29 is 4.74 Å². The summed E-state index contributed by atoms with van der Waals surface area (Å²) in [6, 6.07) is 15.6. The molecule has 3 aromatic rings. The van der Waals surface area contributed by atoms with Crippen LogP contribution >= 0.6 is 11.8 Å². The summed E-state index contributed by atoms with van der Waals surface area (Å²) >= 11 is 1.71.